The van der Waals surface area contributed by atoms with Gasteiger partial charge in [0.25, 0.3) is 5.91 Å². The van der Waals surface area contributed by atoms with Crippen LogP contribution >= 0.6 is 11.9 Å². The van der Waals surface area contributed by atoms with Gasteiger partial charge in [0.15, 0.2) is 0 Å². The maximum Gasteiger partial charge on any atom is 0.283 e. The Morgan fingerprint density at radius 3 is 2.61 bits per heavy atom. The van der Waals surface area contributed by atoms with Crippen molar-refractivity contribution in [3.05, 3.63) is 52.9 Å². The van der Waals surface area contributed by atoms with Crippen LogP contribution in [0.25, 0.3) is 11.8 Å². The number of aliphatic imine (C=N–C) groups is 1. The SMILES string of the molecule is COc1ccccc1-n1c(C)cc(/C=C2/C(=N)N3C(=NC2=O)SN=C3S(C)(=O)=O)c1C. The monoisotopic (exact) mass is 457 g/mol. The van der Waals surface area contributed by atoms with E-state index in [1.165, 1.54) is 0 Å². The van der Waals surface area contributed by atoms with Crippen LogP contribution < -0.4 is 4.74 Å². The van der Waals surface area contributed by atoms with Crippen LogP contribution in [0.4, 0.5) is 0 Å². The van der Waals surface area contributed by atoms with Gasteiger partial charge in [0, 0.05) is 17.6 Å². The number of ether oxygens (including phenoxy) is 1. The number of rotatable bonds is 3. The van der Waals surface area contributed by atoms with Gasteiger partial charge in [-0.25, -0.2) is 13.3 Å². The zero-order valence-corrected chi connectivity index (χ0v) is 18.8. The second-order valence-corrected chi connectivity index (χ2v) is 9.65. The van der Waals surface area contributed by atoms with E-state index in [2.05, 4.69) is 9.39 Å². The molecule has 9 nitrogen and oxygen atoms in total. The van der Waals surface area contributed by atoms with E-state index in [0.29, 0.717) is 11.3 Å². The number of sulfone groups is 1. The molecule has 0 saturated carbocycles. The quantitative estimate of drug-likeness (QED) is 0.559. The molecule has 1 N–H and O–H groups in total. The number of amides is 1. The minimum atomic E-state index is -3.70. The largest absolute Gasteiger partial charge is 0.495 e. The molecule has 1 aromatic heterocycles. The molecule has 0 atom stereocenters. The Morgan fingerprint density at radius 2 is 1.94 bits per heavy atom. The van der Waals surface area contributed by atoms with Gasteiger partial charge < -0.3 is 9.30 Å². The molecule has 2 aliphatic rings. The summed E-state index contributed by atoms with van der Waals surface area (Å²) in [6.45, 7) is 3.82. The van der Waals surface area contributed by atoms with Gasteiger partial charge in [0.05, 0.1) is 30.3 Å². The van der Waals surface area contributed by atoms with Crippen LogP contribution in [0, 0.1) is 19.3 Å². The van der Waals surface area contributed by atoms with Gasteiger partial charge >= 0.3 is 0 Å². The second-order valence-electron chi connectivity index (χ2n) is 7.01. The fraction of sp³-hybridized carbons (Fsp3) is 0.200. The number of nitrogens with zero attached hydrogens (tertiary/aromatic N) is 4. The van der Waals surface area contributed by atoms with Gasteiger partial charge in [-0.05, 0) is 43.7 Å². The molecule has 1 aromatic carbocycles. The smallest absolute Gasteiger partial charge is 0.283 e. The van der Waals surface area contributed by atoms with Crippen LogP contribution in [0.3, 0.4) is 0 Å². The summed E-state index contributed by atoms with van der Waals surface area (Å²) in [5, 5.41) is 8.25. The number of amidine groups is 3. The van der Waals surface area contributed by atoms with Gasteiger partial charge in [0.1, 0.15) is 11.6 Å². The van der Waals surface area contributed by atoms with E-state index in [1.807, 2.05) is 48.7 Å². The molecule has 31 heavy (non-hydrogen) atoms. The molecule has 2 aliphatic heterocycles. The van der Waals surface area contributed by atoms with Gasteiger partial charge in [-0.3, -0.25) is 10.2 Å². The first-order valence-electron chi connectivity index (χ1n) is 9.14. The van der Waals surface area contributed by atoms with E-state index >= 15 is 0 Å². The van der Waals surface area contributed by atoms with Crippen LogP contribution in [0.5, 0.6) is 5.75 Å². The summed E-state index contributed by atoms with van der Waals surface area (Å²) in [5.41, 5.74) is 3.28. The average Bonchev–Trinajstić information content (AvgIpc) is 3.26. The molecule has 1 amide bonds. The van der Waals surface area contributed by atoms with Crippen LogP contribution in [-0.4, -0.2) is 53.3 Å². The number of fused-ring (bicyclic) bond motifs is 1. The Labute approximate surface area is 183 Å². The number of hydrogen-bond acceptors (Lipinski definition) is 7. The van der Waals surface area contributed by atoms with E-state index in [1.54, 1.807) is 13.2 Å². The third kappa shape index (κ3) is 3.49. The molecule has 160 valence electrons. The van der Waals surface area contributed by atoms with Gasteiger partial charge in [0.2, 0.25) is 20.2 Å². The van der Waals surface area contributed by atoms with Gasteiger partial charge in [-0.2, -0.15) is 9.39 Å². The molecule has 0 aliphatic carbocycles. The first-order chi connectivity index (χ1) is 14.6. The predicted octanol–water partition coefficient (Wildman–Crippen LogP) is 2.72. The van der Waals surface area contributed by atoms with Crippen molar-refractivity contribution in [1.82, 2.24) is 9.47 Å². The molecule has 0 unspecified atom stereocenters. The molecular formula is C20H19N5O4S2. The highest BCUT2D eigenvalue weighted by Gasteiger charge is 2.41. The Morgan fingerprint density at radius 1 is 1.23 bits per heavy atom. The molecule has 0 spiro atoms. The van der Waals surface area contributed by atoms with Crippen LogP contribution in [0.15, 0.2) is 45.3 Å². The standard InChI is InChI=1S/C20H19N5O4S2/c1-11-9-13(12(2)24(11)15-7-5-6-8-16(15)29-3)10-14-17(21)25-19(22-18(14)26)30-23-20(25)31(4,27)28/h5-10,21H,1-4H3/b14-10-,21-17?. The van der Waals surface area contributed by atoms with Crippen LogP contribution in [-0.2, 0) is 14.6 Å². The fourth-order valence-electron chi connectivity index (χ4n) is 3.51. The summed E-state index contributed by atoms with van der Waals surface area (Å²) < 4.78 is 35.4. The van der Waals surface area contributed by atoms with Crippen molar-refractivity contribution in [3.8, 4) is 11.4 Å². The Balaban J connectivity index is 1.81. The summed E-state index contributed by atoms with van der Waals surface area (Å²) in [5.74, 6) is -0.190. The van der Waals surface area contributed by atoms with Crippen molar-refractivity contribution in [2.24, 2.45) is 9.39 Å². The first-order valence-corrected chi connectivity index (χ1v) is 11.8. The van der Waals surface area contributed by atoms with Crippen LogP contribution in [0.2, 0.25) is 0 Å². The Hall–Kier alpha value is -3.18. The number of carbonyl (C=O) groups excluding carboxylic acids is 1. The Bertz CT molecular complexity index is 1340. The van der Waals surface area contributed by atoms with Gasteiger partial charge in [-0.1, -0.05) is 12.1 Å². The summed E-state index contributed by atoms with van der Waals surface area (Å²) in [6, 6.07) is 9.46. The number of hydrogen-bond donors (Lipinski definition) is 1. The molecule has 0 radical (unpaired) electrons. The molecule has 3 heterocycles. The molecule has 0 bridgehead atoms. The van der Waals surface area contributed by atoms with Crippen LogP contribution in [0.1, 0.15) is 17.0 Å². The second kappa shape index (κ2) is 7.50. The molecule has 0 fully saturated rings. The van der Waals surface area contributed by atoms with Crippen molar-refractivity contribution in [1.29, 1.82) is 5.41 Å². The molecule has 4 rings (SSSR count). The Kier molecular flexibility index (Phi) is 5.10. The number of benzene rings is 1. The number of carbonyl (C=O) groups is 1. The highest BCUT2D eigenvalue weighted by Crippen LogP contribution is 2.32. The minimum Gasteiger partial charge on any atom is -0.495 e. The lowest BCUT2D eigenvalue weighted by molar-refractivity contribution is -0.114. The normalized spacial score (nSPS) is 17.7. The molecule has 2 aromatic rings. The number of nitrogens with one attached hydrogen (secondary N) is 1. The van der Waals surface area contributed by atoms with Crippen molar-refractivity contribution < 1.29 is 17.9 Å². The number of para-hydroxylation sites is 2. The number of aromatic nitrogens is 1. The van der Waals surface area contributed by atoms with Crippen molar-refractivity contribution in [3.63, 3.8) is 0 Å². The zero-order valence-electron chi connectivity index (χ0n) is 17.2. The topological polar surface area (TPSA) is 117 Å². The third-order valence-corrected chi connectivity index (χ3v) is 6.68. The van der Waals surface area contributed by atoms with E-state index < -0.39 is 15.7 Å². The third-order valence-electron chi connectivity index (χ3n) is 4.92. The van der Waals surface area contributed by atoms with Gasteiger partial charge in [-0.15, -0.1) is 0 Å². The van der Waals surface area contributed by atoms with E-state index in [-0.39, 0.29) is 21.7 Å². The number of methoxy groups -OCH3 is 1. The molecule has 0 saturated heterocycles. The first kappa shape index (κ1) is 21.1. The summed E-state index contributed by atoms with van der Waals surface area (Å²) in [4.78, 5) is 17.6. The molecule has 11 heteroatoms. The minimum absolute atomic E-state index is 0.0112. The maximum atomic E-state index is 12.6. The van der Waals surface area contributed by atoms with Crippen molar-refractivity contribution in [2.75, 3.05) is 13.4 Å². The maximum absolute atomic E-state index is 12.6. The lowest BCUT2D eigenvalue weighted by atomic mass is 10.1. The van der Waals surface area contributed by atoms with Crippen molar-refractivity contribution >= 4 is 49.9 Å². The summed E-state index contributed by atoms with van der Waals surface area (Å²) in [6.07, 6.45) is 2.56. The highest BCUT2D eigenvalue weighted by molar-refractivity contribution is 8.16. The van der Waals surface area contributed by atoms with Crippen molar-refractivity contribution in [2.45, 2.75) is 13.8 Å². The highest BCUT2D eigenvalue weighted by atomic mass is 32.2. The molecular weight excluding hydrogens is 438 g/mol. The van der Waals surface area contributed by atoms with E-state index in [0.717, 1.165) is 40.2 Å². The summed E-state index contributed by atoms with van der Waals surface area (Å²) in [7, 11) is -2.10. The zero-order chi connectivity index (χ0) is 22.5. The lowest BCUT2D eigenvalue weighted by Gasteiger charge is -2.23. The lowest BCUT2D eigenvalue weighted by Crippen LogP contribution is -2.45. The van der Waals surface area contributed by atoms with E-state index in [9.17, 15) is 13.2 Å². The summed E-state index contributed by atoms with van der Waals surface area (Å²) >= 11 is 0.766. The van der Waals surface area contributed by atoms with E-state index in [4.69, 9.17) is 10.1 Å². The average molecular weight is 458 g/mol. The number of aryl methyl sites for hydroxylation is 1. The fourth-order valence-corrected chi connectivity index (χ4v) is 5.36. The predicted molar refractivity (Wildman–Crippen MR) is 122 cm³/mol.